The van der Waals surface area contributed by atoms with Crippen molar-refractivity contribution in [2.75, 3.05) is 25.0 Å². The SMILES string of the molecule is CCc1nnc(NC(=O)NC(C)(C)CCN2CC(Cc3ccc(Cl)cc3)C2)s1. The van der Waals surface area contributed by atoms with Gasteiger partial charge < -0.3 is 10.2 Å². The molecule has 2 heterocycles. The molecular formula is C20H28ClN5OS. The number of benzene rings is 1. The summed E-state index contributed by atoms with van der Waals surface area (Å²) in [6.07, 6.45) is 2.81. The van der Waals surface area contributed by atoms with Crippen LogP contribution in [0.4, 0.5) is 9.93 Å². The number of urea groups is 1. The van der Waals surface area contributed by atoms with Crippen LogP contribution >= 0.6 is 22.9 Å². The summed E-state index contributed by atoms with van der Waals surface area (Å²) in [6, 6.07) is 7.90. The lowest BCUT2D eigenvalue weighted by Crippen LogP contribution is -2.52. The number of anilines is 1. The molecule has 3 rings (SSSR count). The van der Waals surface area contributed by atoms with Crippen molar-refractivity contribution < 1.29 is 4.79 Å². The summed E-state index contributed by atoms with van der Waals surface area (Å²) in [4.78, 5) is 14.7. The first-order chi connectivity index (χ1) is 13.3. The quantitative estimate of drug-likeness (QED) is 0.669. The van der Waals surface area contributed by atoms with Gasteiger partial charge in [0.2, 0.25) is 5.13 Å². The van der Waals surface area contributed by atoms with Crippen molar-refractivity contribution in [2.45, 2.75) is 45.6 Å². The van der Waals surface area contributed by atoms with Gasteiger partial charge >= 0.3 is 6.03 Å². The normalized spacial score (nSPS) is 15.3. The molecule has 0 spiro atoms. The number of likely N-dealkylation sites (tertiary alicyclic amines) is 1. The Balaban J connectivity index is 1.35. The number of aryl methyl sites for hydroxylation is 1. The fourth-order valence-corrected chi connectivity index (χ4v) is 4.13. The van der Waals surface area contributed by atoms with Crippen LogP contribution in [0, 0.1) is 5.92 Å². The average Bonchev–Trinajstić information content (AvgIpc) is 3.05. The summed E-state index contributed by atoms with van der Waals surface area (Å²) in [7, 11) is 0. The highest BCUT2D eigenvalue weighted by molar-refractivity contribution is 7.15. The number of nitrogens with one attached hydrogen (secondary N) is 2. The van der Waals surface area contributed by atoms with Gasteiger partial charge in [-0.15, -0.1) is 10.2 Å². The Hall–Kier alpha value is -1.70. The second kappa shape index (κ2) is 9.20. The van der Waals surface area contributed by atoms with Gasteiger partial charge in [0.25, 0.3) is 0 Å². The minimum absolute atomic E-state index is 0.229. The maximum atomic E-state index is 12.2. The van der Waals surface area contributed by atoms with Crippen molar-refractivity contribution in [2.24, 2.45) is 5.92 Å². The molecule has 0 bridgehead atoms. The van der Waals surface area contributed by atoms with E-state index in [1.54, 1.807) is 0 Å². The highest BCUT2D eigenvalue weighted by Crippen LogP contribution is 2.23. The number of halogens is 1. The van der Waals surface area contributed by atoms with Crippen LogP contribution in [0.2, 0.25) is 5.02 Å². The molecule has 1 saturated heterocycles. The van der Waals surface area contributed by atoms with E-state index >= 15 is 0 Å². The molecule has 1 fully saturated rings. The fraction of sp³-hybridized carbons (Fsp3) is 0.550. The van der Waals surface area contributed by atoms with Crippen molar-refractivity contribution in [3.63, 3.8) is 0 Å². The summed E-state index contributed by atoms with van der Waals surface area (Å²) in [5, 5.41) is 16.1. The zero-order valence-corrected chi connectivity index (χ0v) is 18.2. The minimum Gasteiger partial charge on any atom is -0.333 e. The highest BCUT2D eigenvalue weighted by Gasteiger charge is 2.29. The van der Waals surface area contributed by atoms with Crippen molar-refractivity contribution >= 4 is 34.1 Å². The number of carbonyl (C=O) groups excluding carboxylic acids is 1. The molecule has 2 amide bonds. The van der Waals surface area contributed by atoms with Gasteiger partial charge in [0.05, 0.1) is 0 Å². The Labute approximate surface area is 175 Å². The molecule has 0 aliphatic carbocycles. The third-order valence-corrected chi connectivity index (χ3v) is 6.20. The van der Waals surface area contributed by atoms with Crippen molar-refractivity contribution in [3.05, 3.63) is 39.9 Å². The van der Waals surface area contributed by atoms with E-state index in [9.17, 15) is 4.79 Å². The Morgan fingerprint density at radius 1 is 1.29 bits per heavy atom. The molecule has 8 heteroatoms. The van der Waals surface area contributed by atoms with Crippen LogP contribution in [0.25, 0.3) is 0 Å². The number of amides is 2. The van der Waals surface area contributed by atoms with Crippen LogP contribution in [-0.4, -0.2) is 46.3 Å². The summed E-state index contributed by atoms with van der Waals surface area (Å²) >= 11 is 7.35. The van der Waals surface area contributed by atoms with Crippen LogP contribution in [0.15, 0.2) is 24.3 Å². The van der Waals surface area contributed by atoms with Crippen LogP contribution in [-0.2, 0) is 12.8 Å². The summed E-state index contributed by atoms with van der Waals surface area (Å²) in [5.74, 6) is 0.700. The first kappa shape index (κ1) is 21.0. The maximum absolute atomic E-state index is 12.2. The van der Waals surface area contributed by atoms with E-state index in [1.165, 1.54) is 16.9 Å². The van der Waals surface area contributed by atoms with Gasteiger partial charge in [0.15, 0.2) is 0 Å². The number of hydrogen-bond acceptors (Lipinski definition) is 5. The summed E-state index contributed by atoms with van der Waals surface area (Å²) in [5.41, 5.74) is 1.06. The van der Waals surface area contributed by atoms with Gasteiger partial charge in [-0.25, -0.2) is 4.79 Å². The second-order valence-electron chi connectivity index (χ2n) is 8.02. The molecule has 6 nitrogen and oxygen atoms in total. The third-order valence-electron chi connectivity index (χ3n) is 4.97. The predicted molar refractivity (Wildman–Crippen MR) is 115 cm³/mol. The molecule has 1 aliphatic rings. The fourth-order valence-electron chi connectivity index (χ4n) is 3.33. The Kier molecular flexibility index (Phi) is 6.91. The van der Waals surface area contributed by atoms with Gasteiger partial charge in [-0.2, -0.15) is 0 Å². The second-order valence-corrected chi connectivity index (χ2v) is 9.52. The standard InChI is InChI=1S/C20H28ClN5OS/c1-4-17-24-25-19(28-17)22-18(27)23-20(2,3)9-10-26-12-15(13-26)11-14-5-7-16(21)8-6-14/h5-8,15H,4,9-13H2,1-3H3,(H2,22,23,25,27). The van der Waals surface area contributed by atoms with E-state index in [0.717, 1.165) is 48.9 Å². The van der Waals surface area contributed by atoms with Gasteiger partial charge in [0.1, 0.15) is 5.01 Å². The molecule has 2 N–H and O–H groups in total. The Bertz CT molecular complexity index is 786. The number of nitrogens with zero attached hydrogens (tertiary/aromatic N) is 3. The Morgan fingerprint density at radius 3 is 2.64 bits per heavy atom. The lowest BCUT2D eigenvalue weighted by molar-refractivity contribution is 0.0906. The zero-order chi connectivity index (χ0) is 20.1. The number of carbonyl (C=O) groups is 1. The van der Waals surface area contributed by atoms with Crippen LogP contribution < -0.4 is 10.6 Å². The highest BCUT2D eigenvalue weighted by atomic mass is 35.5. The lowest BCUT2D eigenvalue weighted by Gasteiger charge is -2.41. The average molecular weight is 422 g/mol. The monoisotopic (exact) mass is 421 g/mol. The molecule has 28 heavy (non-hydrogen) atoms. The van der Waals surface area contributed by atoms with E-state index in [0.29, 0.717) is 11.0 Å². The smallest absolute Gasteiger partial charge is 0.321 e. The van der Waals surface area contributed by atoms with Crippen molar-refractivity contribution in [1.82, 2.24) is 20.4 Å². The van der Waals surface area contributed by atoms with E-state index in [4.69, 9.17) is 11.6 Å². The largest absolute Gasteiger partial charge is 0.333 e. The van der Waals surface area contributed by atoms with Crippen molar-refractivity contribution in [1.29, 1.82) is 0 Å². The first-order valence-corrected chi connectivity index (χ1v) is 10.9. The van der Waals surface area contributed by atoms with Crippen LogP contribution in [0.5, 0.6) is 0 Å². The molecule has 0 atom stereocenters. The van der Waals surface area contributed by atoms with Gasteiger partial charge in [-0.1, -0.05) is 42.0 Å². The van der Waals surface area contributed by atoms with Gasteiger partial charge in [-0.05, 0) is 56.7 Å². The first-order valence-electron chi connectivity index (χ1n) is 9.71. The van der Waals surface area contributed by atoms with E-state index < -0.39 is 0 Å². The molecule has 1 aliphatic heterocycles. The molecular weight excluding hydrogens is 394 g/mol. The Morgan fingerprint density at radius 2 is 2.00 bits per heavy atom. The number of aromatic nitrogens is 2. The van der Waals surface area contributed by atoms with E-state index in [-0.39, 0.29) is 11.6 Å². The number of hydrogen-bond donors (Lipinski definition) is 2. The lowest BCUT2D eigenvalue weighted by atomic mass is 9.91. The molecule has 152 valence electrons. The number of rotatable bonds is 8. The minimum atomic E-state index is -0.288. The maximum Gasteiger partial charge on any atom is 0.321 e. The molecule has 0 radical (unpaired) electrons. The van der Waals surface area contributed by atoms with Gasteiger partial charge in [0, 0.05) is 30.2 Å². The molecule has 1 aromatic heterocycles. The summed E-state index contributed by atoms with van der Waals surface area (Å²) < 4.78 is 0. The molecule has 1 aromatic carbocycles. The topological polar surface area (TPSA) is 70.1 Å². The van der Waals surface area contributed by atoms with Crippen LogP contribution in [0.1, 0.15) is 37.8 Å². The van der Waals surface area contributed by atoms with Gasteiger partial charge in [-0.3, -0.25) is 5.32 Å². The van der Waals surface area contributed by atoms with Crippen LogP contribution in [0.3, 0.4) is 0 Å². The summed E-state index contributed by atoms with van der Waals surface area (Å²) in [6.45, 7) is 9.31. The van der Waals surface area contributed by atoms with E-state index in [1.807, 2.05) is 19.1 Å². The zero-order valence-electron chi connectivity index (χ0n) is 16.7. The molecule has 0 saturated carbocycles. The van der Waals surface area contributed by atoms with E-state index in [2.05, 4.69) is 51.7 Å². The molecule has 2 aromatic rings. The molecule has 0 unspecified atom stereocenters. The third kappa shape index (κ3) is 6.15. The predicted octanol–water partition coefficient (Wildman–Crippen LogP) is 4.22. The van der Waals surface area contributed by atoms with Crippen molar-refractivity contribution in [3.8, 4) is 0 Å².